The van der Waals surface area contributed by atoms with Gasteiger partial charge in [-0.3, -0.25) is 30.3 Å². The highest BCUT2D eigenvalue weighted by Crippen LogP contribution is 2.44. The fraction of sp³-hybridized carbons (Fsp3) is 0.190. The van der Waals surface area contributed by atoms with Crippen molar-refractivity contribution in [2.24, 2.45) is 0 Å². The average molecular weight is 411 g/mol. The lowest BCUT2D eigenvalue weighted by Crippen LogP contribution is -2.54. The van der Waals surface area contributed by atoms with Crippen molar-refractivity contribution in [3.63, 3.8) is 0 Å². The maximum Gasteiger partial charge on any atom is 0.287 e. The van der Waals surface area contributed by atoms with Gasteiger partial charge in [0.05, 0.1) is 11.1 Å². The molecule has 1 fully saturated rings. The second-order valence-electron chi connectivity index (χ2n) is 7.03. The number of benzene rings is 2. The summed E-state index contributed by atoms with van der Waals surface area (Å²) in [6.07, 6.45) is 2.31. The molecule has 1 saturated carbocycles. The summed E-state index contributed by atoms with van der Waals surface area (Å²) < 4.78 is 1.26. The molecule has 1 aliphatic carbocycles. The quantitative estimate of drug-likeness (QED) is 0.577. The number of para-hydroxylation sites is 1. The third-order valence-electron chi connectivity index (χ3n) is 5.31. The van der Waals surface area contributed by atoms with Crippen LogP contribution in [0.3, 0.4) is 0 Å². The molecule has 0 spiro atoms. The molecule has 148 valence electrons. The van der Waals surface area contributed by atoms with Crippen molar-refractivity contribution >= 4 is 23.4 Å². The Hall–Kier alpha value is -3.32. The van der Waals surface area contributed by atoms with Gasteiger partial charge >= 0.3 is 0 Å². The molecule has 3 aromatic rings. The first-order valence-corrected chi connectivity index (χ1v) is 9.62. The van der Waals surface area contributed by atoms with E-state index in [4.69, 9.17) is 11.6 Å². The molecular weight excluding hydrogens is 392 g/mol. The number of nitrogens with one attached hydrogen (secondary N) is 3. The third kappa shape index (κ3) is 3.56. The number of aromatic nitrogens is 2. The molecule has 2 aromatic carbocycles. The molecule has 3 N–H and O–H groups in total. The van der Waals surface area contributed by atoms with E-state index in [2.05, 4.69) is 16.0 Å². The molecule has 8 heteroatoms. The van der Waals surface area contributed by atoms with E-state index in [-0.39, 0.29) is 17.2 Å². The van der Waals surface area contributed by atoms with E-state index in [1.807, 2.05) is 18.2 Å². The predicted molar refractivity (Wildman–Crippen MR) is 109 cm³/mol. The van der Waals surface area contributed by atoms with Gasteiger partial charge in [0.2, 0.25) is 5.91 Å². The van der Waals surface area contributed by atoms with Crippen LogP contribution in [0.1, 0.15) is 35.3 Å². The third-order valence-corrected chi connectivity index (χ3v) is 5.56. The second kappa shape index (κ2) is 7.60. The van der Waals surface area contributed by atoms with Gasteiger partial charge in [-0.15, -0.1) is 0 Å². The molecule has 0 radical (unpaired) electrons. The molecule has 0 saturated heterocycles. The van der Waals surface area contributed by atoms with Gasteiger partial charge in [-0.05, 0) is 42.7 Å². The van der Waals surface area contributed by atoms with Crippen molar-refractivity contribution in [1.29, 1.82) is 0 Å². The van der Waals surface area contributed by atoms with Gasteiger partial charge in [0.1, 0.15) is 5.69 Å². The van der Waals surface area contributed by atoms with Gasteiger partial charge < -0.3 is 0 Å². The van der Waals surface area contributed by atoms with E-state index in [1.54, 1.807) is 36.4 Å². The Kier molecular flexibility index (Phi) is 4.98. The van der Waals surface area contributed by atoms with Gasteiger partial charge in [0.15, 0.2) is 0 Å². The van der Waals surface area contributed by atoms with Crippen LogP contribution in [0.15, 0.2) is 65.5 Å². The lowest BCUT2D eigenvalue weighted by Gasteiger charge is -2.40. The Labute approximate surface area is 171 Å². The summed E-state index contributed by atoms with van der Waals surface area (Å²) in [4.78, 5) is 37.4. The summed E-state index contributed by atoms with van der Waals surface area (Å²) in [5, 5.41) is 3.35. The molecule has 1 aromatic heterocycles. The zero-order valence-corrected chi connectivity index (χ0v) is 16.2. The summed E-state index contributed by atoms with van der Waals surface area (Å²) >= 11 is 5.94. The number of H-pyrrole nitrogens is 1. The fourth-order valence-electron chi connectivity index (χ4n) is 3.53. The number of rotatable bonds is 4. The minimum Gasteiger partial charge on any atom is -0.285 e. The number of hydrogen-bond acceptors (Lipinski definition) is 3. The number of amides is 2. The number of nitrogens with zero attached hydrogens (tertiary/aromatic N) is 1. The van der Waals surface area contributed by atoms with Crippen LogP contribution in [-0.2, 0) is 10.2 Å². The maximum atomic E-state index is 12.8. The standard InChI is InChI=1S/C21H19ClN4O3/c22-15-9-7-14(8-10-15)21(11-4-12-21)20(29)24-23-19(28)17-13-18(27)26(25-17)16-5-2-1-3-6-16/h1-3,5-10,13,25H,4,11-12H2,(H,23,28)(H,24,29). The summed E-state index contributed by atoms with van der Waals surface area (Å²) in [7, 11) is 0. The van der Waals surface area contributed by atoms with Crippen LogP contribution < -0.4 is 16.4 Å². The van der Waals surface area contributed by atoms with Crippen LogP contribution in [0.2, 0.25) is 5.02 Å². The van der Waals surface area contributed by atoms with Crippen molar-refractivity contribution in [2.45, 2.75) is 24.7 Å². The first-order valence-electron chi connectivity index (χ1n) is 9.24. The second-order valence-corrected chi connectivity index (χ2v) is 7.47. The number of hydrogen-bond donors (Lipinski definition) is 3. The van der Waals surface area contributed by atoms with Crippen LogP contribution in [0.25, 0.3) is 5.69 Å². The maximum absolute atomic E-state index is 12.8. The number of aromatic amines is 1. The Morgan fingerprint density at radius 3 is 2.31 bits per heavy atom. The molecule has 7 nitrogen and oxygen atoms in total. The van der Waals surface area contributed by atoms with Crippen molar-refractivity contribution in [1.82, 2.24) is 20.6 Å². The Balaban J connectivity index is 1.46. The highest BCUT2D eigenvalue weighted by Gasteiger charge is 2.45. The van der Waals surface area contributed by atoms with Crippen LogP contribution in [-0.4, -0.2) is 21.6 Å². The van der Waals surface area contributed by atoms with Crippen LogP contribution in [0.5, 0.6) is 0 Å². The minimum absolute atomic E-state index is 0.0494. The lowest BCUT2D eigenvalue weighted by atomic mass is 9.64. The molecule has 0 atom stereocenters. The summed E-state index contributed by atoms with van der Waals surface area (Å²) in [5.41, 5.74) is 5.37. The van der Waals surface area contributed by atoms with Crippen molar-refractivity contribution in [2.75, 3.05) is 0 Å². The van der Waals surface area contributed by atoms with E-state index < -0.39 is 11.3 Å². The van der Waals surface area contributed by atoms with Gasteiger partial charge in [-0.1, -0.05) is 48.4 Å². The van der Waals surface area contributed by atoms with Crippen LogP contribution in [0, 0.1) is 0 Å². The highest BCUT2D eigenvalue weighted by atomic mass is 35.5. The molecule has 4 rings (SSSR count). The molecule has 0 unspecified atom stereocenters. The van der Waals surface area contributed by atoms with E-state index in [9.17, 15) is 14.4 Å². The highest BCUT2D eigenvalue weighted by molar-refractivity contribution is 6.30. The van der Waals surface area contributed by atoms with E-state index in [1.165, 1.54) is 10.7 Å². The zero-order valence-electron chi connectivity index (χ0n) is 15.4. The molecule has 0 bridgehead atoms. The number of carbonyl (C=O) groups excluding carboxylic acids is 2. The lowest BCUT2D eigenvalue weighted by molar-refractivity contribution is -0.130. The fourth-order valence-corrected chi connectivity index (χ4v) is 3.65. The summed E-state index contributed by atoms with van der Waals surface area (Å²) in [5.74, 6) is -0.889. The summed E-state index contributed by atoms with van der Waals surface area (Å²) in [6, 6.07) is 17.3. The number of hydrazine groups is 1. The van der Waals surface area contributed by atoms with Crippen molar-refractivity contribution < 1.29 is 9.59 Å². The van der Waals surface area contributed by atoms with Gasteiger partial charge in [-0.2, -0.15) is 0 Å². The van der Waals surface area contributed by atoms with Crippen LogP contribution >= 0.6 is 11.6 Å². The Morgan fingerprint density at radius 2 is 1.69 bits per heavy atom. The van der Waals surface area contributed by atoms with Crippen molar-refractivity contribution in [3.8, 4) is 5.69 Å². The molecular formula is C21H19ClN4O3. The molecule has 0 aliphatic heterocycles. The van der Waals surface area contributed by atoms with Gasteiger partial charge in [0.25, 0.3) is 11.5 Å². The predicted octanol–water partition coefficient (Wildman–Crippen LogP) is 2.70. The number of halogens is 1. The van der Waals surface area contributed by atoms with E-state index >= 15 is 0 Å². The Bertz CT molecular complexity index is 1100. The smallest absolute Gasteiger partial charge is 0.285 e. The van der Waals surface area contributed by atoms with Gasteiger partial charge in [-0.25, -0.2) is 4.68 Å². The first-order chi connectivity index (χ1) is 14.0. The topological polar surface area (TPSA) is 96.0 Å². The molecule has 29 heavy (non-hydrogen) atoms. The Morgan fingerprint density at radius 1 is 1.00 bits per heavy atom. The van der Waals surface area contributed by atoms with E-state index in [0.717, 1.165) is 12.0 Å². The SMILES string of the molecule is O=C(NNC(=O)C1(c2ccc(Cl)cc2)CCC1)c1cc(=O)n(-c2ccccc2)[nH]1. The largest absolute Gasteiger partial charge is 0.287 e. The zero-order chi connectivity index (χ0) is 20.4. The minimum atomic E-state index is -0.679. The number of carbonyl (C=O) groups is 2. The monoisotopic (exact) mass is 410 g/mol. The van der Waals surface area contributed by atoms with E-state index in [0.29, 0.717) is 23.6 Å². The molecule has 1 heterocycles. The molecule has 2 amide bonds. The average Bonchev–Trinajstić information content (AvgIpc) is 3.09. The molecule has 1 aliphatic rings. The first kappa shape index (κ1) is 19.0. The summed E-state index contributed by atoms with van der Waals surface area (Å²) in [6.45, 7) is 0. The van der Waals surface area contributed by atoms with Gasteiger partial charge in [0, 0.05) is 11.1 Å². The van der Waals surface area contributed by atoms with Crippen LogP contribution in [0.4, 0.5) is 0 Å². The normalized spacial score (nSPS) is 14.7. The van der Waals surface area contributed by atoms with Crippen molar-refractivity contribution in [3.05, 3.63) is 87.3 Å².